The number of rotatable bonds is 0. The van der Waals surface area contributed by atoms with E-state index in [2.05, 4.69) is 22.0 Å². The minimum atomic E-state index is -1.03. The number of carbonyl (C=O) groups is 2. The van der Waals surface area contributed by atoms with Crippen molar-refractivity contribution in [2.75, 3.05) is 19.6 Å². The maximum absolute atomic E-state index is 12.0. The van der Waals surface area contributed by atoms with Gasteiger partial charge in [0.25, 0.3) is 0 Å². The highest BCUT2D eigenvalue weighted by atomic mass is 79.9. The summed E-state index contributed by atoms with van der Waals surface area (Å²) >= 11 is 3.44. The van der Waals surface area contributed by atoms with Crippen molar-refractivity contribution in [1.82, 2.24) is 9.80 Å². The van der Waals surface area contributed by atoms with E-state index < -0.39 is 6.09 Å². The lowest BCUT2D eigenvalue weighted by molar-refractivity contribution is -0.139. The van der Waals surface area contributed by atoms with Crippen molar-refractivity contribution in [1.29, 1.82) is 0 Å². The molecular weight excluding hydrogens is 312 g/mol. The van der Waals surface area contributed by atoms with Gasteiger partial charge in [-0.3, -0.25) is 9.69 Å². The quantitative estimate of drug-likeness (QED) is 0.792. The van der Waals surface area contributed by atoms with Crippen LogP contribution in [-0.4, -0.2) is 46.5 Å². The van der Waals surface area contributed by atoms with Gasteiger partial charge >= 0.3 is 6.09 Å². The standard InChI is InChI=1S/C13H13BrN2O3/c14-9-1-2-10-8(5-9)3-4-16-11(10)6-15(13(18)19)7-12(16)17/h1-2,5,11H,3-4,6-7H2,(H,18,19)/t11-/m0/s1. The molecule has 3 rings (SSSR count). The van der Waals surface area contributed by atoms with Gasteiger partial charge in [0.1, 0.15) is 6.54 Å². The van der Waals surface area contributed by atoms with Crippen LogP contribution in [0.5, 0.6) is 0 Å². The van der Waals surface area contributed by atoms with Crippen molar-refractivity contribution in [2.24, 2.45) is 0 Å². The predicted octanol–water partition coefficient (Wildman–Crippen LogP) is 1.87. The zero-order valence-corrected chi connectivity index (χ0v) is 11.8. The molecule has 2 aliphatic rings. The molecule has 0 spiro atoms. The minimum absolute atomic E-state index is 0.0301. The number of carbonyl (C=O) groups excluding carboxylic acids is 1. The van der Waals surface area contributed by atoms with E-state index in [4.69, 9.17) is 5.11 Å². The molecule has 100 valence electrons. The molecule has 2 amide bonds. The first-order valence-corrected chi connectivity index (χ1v) is 6.91. The number of halogens is 1. The molecule has 1 aromatic carbocycles. The Bertz CT molecular complexity index is 561. The Morgan fingerprint density at radius 1 is 1.42 bits per heavy atom. The van der Waals surface area contributed by atoms with Crippen molar-refractivity contribution >= 4 is 27.9 Å². The van der Waals surface area contributed by atoms with E-state index in [0.29, 0.717) is 13.1 Å². The van der Waals surface area contributed by atoms with Crippen LogP contribution in [0.15, 0.2) is 22.7 Å². The largest absolute Gasteiger partial charge is 0.465 e. The molecular formula is C13H13BrN2O3. The second kappa shape index (κ2) is 4.52. The maximum Gasteiger partial charge on any atom is 0.407 e. The number of fused-ring (bicyclic) bond motifs is 3. The zero-order chi connectivity index (χ0) is 13.6. The molecule has 1 N–H and O–H groups in total. The molecule has 1 fully saturated rings. The van der Waals surface area contributed by atoms with Crippen LogP contribution < -0.4 is 0 Å². The van der Waals surface area contributed by atoms with Crippen molar-refractivity contribution in [3.8, 4) is 0 Å². The summed E-state index contributed by atoms with van der Waals surface area (Å²) in [5.74, 6) is -0.104. The average molecular weight is 325 g/mol. The lowest BCUT2D eigenvalue weighted by atomic mass is 9.91. The summed E-state index contributed by atoms with van der Waals surface area (Å²) in [6.07, 6.45) is -0.207. The fraction of sp³-hybridized carbons (Fsp3) is 0.385. The second-order valence-corrected chi connectivity index (χ2v) is 5.77. The fourth-order valence-corrected chi connectivity index (χ4v) is 3.26. The summed E-state index contributed by atoms with van der Waals surface area (Å²) in [6.45, 7) is 0.994. The molecule has 6 heteroatoms. The van der Waals surface area contributed by atoms with Crippen LogP contribution in [0, 0.1) is 0 Å². The van der Waals surface area contributed by atoms with Gasteiger partial charge in [-0.1, -0.05) is 22.0 Å². The lowest BCUT2D eigenvalue weighted by Gasteiger charge is -2.43. The highest BCUT2D eigenvalue weighted by Crippen LogP contribution is 2.34. The molecule has 0 aliphatic carbocycles. The second-order valence-electron chi connectivity index (χ2n) is 4.86. The topological polar surface area (TPSA) is 60.9 Å². The lowest BCUT2D eigenvalue weighted by Crippen LogP contribution is -2.55. The number of piperazine rings is 1. The van der Waals surface area contributed by atoms with Crippen LogP contribution in [0.3, 0.4) is 0 Å². The fourth-order valence-electron chi connectivity index (χ4n) is 2.85. The summed E-state index contributed by atoms with van der Waals surface area (Å²) in [5, 5.41) is 9.09. The Morgan fingerprint density at radius 2 is 2.21 bits per heavy atom. The van der Waals surface area contributed by atoms with Gasteiger partial charge in [-0.15, -0.1) is 0 Å². The first-order valence-electron chi connectivity index (χ1n) is 6.12. The SMILES string of the molecule is O=C(O)N1CC(=O)N2CCc3cc(Br)ccc3[C@@H]2C1. The Morgan fingerprint density at radius 3 is 2.95 bits per heavy atom. The van der Waals surface area contributed by atoms with Gasteiger partial charge in [0.05, 0.1) is 6.04 Å². The molecule has 2 aliphatic heterocycles. The van der Waals surface area contributed by atoms with E-state index >= 15 is 0 Å². The third-order valence-electron chi connectivity index (χ3n) is 3.77. The molecule has 2 heterocycles. The molecule has 0 radical (unpaired) electrons. The number of carboxylic acid groups (broad SMARTS) is 1. The Kier molecular flexibility index (Phi) is 2.97. The van der Waals surface area contributed by atoms with Crippen LogP contribution in [0.25, 0.3) is 0 Å². The smallest absolute Gasteiger partial charge is 0.407 e. The van der Waals surface area contributed by atoms with Gasteiger partial charge in [0.2, 0.25) is 5.91 Å². The summed E-state index contributed by atoms with van der Waals surface area (Å²) in [5.41, 5.74) is 2.25. The average Bonchev–Trinajstić information content (AvgIpc) is 2.37. The number of benzene rings is 1. The van der Waals surface area contributed by atoms with E-state index in [-0.39, 0.29) is 18.5 Å². The molecule has 0 bridgehead atoms. The van der Waals surface area contributed by atoms with Crippen molar-refractivity contribution < 1.29 is 14.7 Å². The molecule has 0 unspecified atom stereocenters. The van der Waals surface area contributed by atoms with E-state index in [1.807, 2.05) is 12.1 Å². The van der Waals surface area contributed by atoms with Crippen molar-refractivity contribution in [2.45, 2.75) is 12.5 Å². The number of hydrogen-bond donors (Lipinski definition) is 1. The Hall–Kier alpha value is -1.56. The molecule has 1 aromatic rings. The molecule has 0 aromatic heterocycles. The third kappa shape index (κ3) is 2.10. The summed E-state index contributed by atoms with van der Waals surface area (Å²) in [7, 11) is 0. The maximum atomic E-state index is 12.0. The molecule has 19 heavy (non-hydrogen) atoms. The van der Waals surface area contributed by atoms with Crippen LogP contribution in [0.4, 0.5) is 4.79 Å². The number of amides is 2. The van der Waals surface area contributed by atoms with Crippen molar-refractivity contribution in [3.05, 3.63) is 33.8 Å². The van der Waals surface area contributed by atoms with Gasteiger partial charge in [0, 0.05) is 17.6 Å². The van der Waals surface area contributed by atoms with Gasteiger partial charge in [-0.2, -0.15) is 0 Å². The number of hydrogen-bond acceptors (Lipinski definition) is 2. The Balaban J connectivity index is 1.98. The van der Waals surface area contributed by atoms with E-state index in [1.165, 1.54) is 10.5 Å². The van der Waals surface area contributed by atoms with Crippen molar-refractivity contribution in [3.63, 3.8) is 0 Å². The van der Waals surface area contributed by atoms with Gasteiger partial charge in [-0.25, -0.2) is 4.79 Å². The first-order chi connectivity index (χ1) is 9.06. The molecule has 1 atom stereocenters. The van der Waals surface area contributed by atoms with Gasteiger partial charge < -0.3 is 10.0 Å². The van der Waals surface area contributed by atoms with Gasteiger partial charge in [-0.05, 0) is 29.7 Å². The zero-order valence-electron chi connectivity index (χ0n) is 10.2. The normalized spacial score (nSPS) is 21.9. The first kappa shape index (κ1) is 12.5. The molecule has 5 nitrogen and oxygen atoms in total. The predicted molar refractivity (Wildman–Crippen MR) is 71.9 cm³/mol. The van der Waals surface area contributed by atoms with Crippen LogP contribution in [-0.2, 0) is 11.2 Å². The summed E-state index contributed by atoms with van der Waals surface area (Å²) in [4.78, 5) is 26.1. The third-order valence-corrected chi connectivity index (χ3v) is 4.27. The monoisotopic (exact) mass is 324 g/mol. The molecule has 1 saturated heterocycles. The highest BCUT2D eigenvalue weighted by molar-refractivity contribution is 9.10. The summed E-state index contributed by atoms with van der Waals surface area (Å²) < 4.78 is 1.01. The van der Waals surface area contributed by atoms with Crippen LogP contribution in [0.1, 0.15) is 17.2 Å². The number of nitrogens with zero attached hydrogens (tertiary/aromatic N) is 2. The van der Waals surface area contributed by atoms with Gasteiger partial charge in [0.15, 0.2) is 0 Å². The summed E-state index contributed by atoms with van der Waals surface area (Å²) in [6, 6.07) is 5.83. The Labute approximate surface area is 118 Å². The van der Waals surface area contributed by atoms with Crippen LogP contribution in [0.2, 0.25) is 0 Å². The highest BCUT2D eigenvalue weighted by Gasteiger charge is 2.38. The van der Waals surface area contributed by atoms with E-state index in [1.54, 1.807) is 4.90 Å². The van der Waals surface area contributed by atoms with E-state index in [0.717, 1.165) is 16.5 Å². The van der Waals surface area contributed by atoms with E-state index in [9.17, 15) is 9.59 Å². The molecule has 0 saturated carbocycles. The van der Waals surface area contributed by atoms with Crippen LogP contribution >= 0.6 is 15.9 Å². The minimum Gasteiger partial charge on any atom is -0.465 e.